The second-order valence-corrected chi connectivity index (χ2v) is 18.3. The molecule has 6 rings (SSSR count). The van der Waals surface area contributed by atoms with Gasteiger partial charge in [-0.3, -0.25) is 14.2 Å². The quantitative estimate of drug-likeness (QED) is 0.149. The Morgan fingerprint density at radius 1 is 1.06 bits per heavy atom. The van der Waals surface area contributed by atoms with Gasteiger partial charge in [-0.1, -0.05) is 57.2 Å². The minimum atomic E-state index is -3.32. The molecule has 1 unspecified atom stereocenters. The van der Waals surface area contributed by atoms with Gasteiger partial charge in [0.15, 0.2) is 0 Å². The van der Waals surface area contributed by atoms with Gasteiger partial charge < -0.3 is 34.3 Å². The van der Waals surface area contributed by atoms with Crippen LogP contribution >= 0.6 is 7.37 Å². The molecule has 2 aromatic carbocycles. The number of fused-ring (bicyclic) bond motifs is 1. The van der Waals surface area contributed by atoms with Gasteiger partial charge >= 0.3 is 6.09 Å². The molecule has 1 aliphatic heterocycles. The molecule has 2 saturated carbocycles. The van der Waals surface area contributed by atoms with E-state index in [0.29, 0.717) is 29.1 Å². The number of amides is 3. The maximum absolute atomic E-state index is 14.7. The highest BCUT2D eigenvalue weighted by Crippen LogP contribution is 2.70. The molecule has 6 atom stereocenters. The summed E-state index contributed by atoms with van der Waals surface area (Å²) in [6.45, 7) is 11.0. The lowest BCUT2D eigenvalue weighted by molar-refractivity contribution is -0.142. The van der Waals surface area contributed by atoms with Crippen LogP contribution in [0, 0.1) is 11.3 Å². The Morgan fingerprint density at radius 2 is 1.77 bits per heavy atom. The molecule has 3 fully saturated rings. The number of methoxy groups -OCH3 is 1. The molecule has 1 aromatic heterocycles. The summed E-state index contributed by atoms with van der Waals surface area (Å²) in [5, 5.41) is 5.46. The number of nitrogens with one attached hydrogen (secondary N) is 2. The smallest absolute Gasteiger partial charge is 0.408 e. The molecule has 2 heterocycles. The van der Waals surface area contributed by atoms with Gasteiger partial charge in [0, 0.05) is 49.2 Å². The van der Waals surface area contributed by atoms with Crippen LogP contribution in [-0.4, -0.2) is 84.8 Å². The van der Waals surface area contributed by atoms with Crippen LogP contribution in [0.15, 0.2) is 67.3 Å². The van der Waals surface area contributed by atoms with Crippen LogP contribution in [0.4, 0.5) is 4.79 Å². The first kappa shape index (κ1) is 38.3. The van der Waals surface area contributed by atoms with Crippen molar-refractivity contribution in [2.75, 3.05) is 27.4 Å². The molecule has 0 bridgehead atoms. The van der Waals surface area contributed by atoms with E-state index in [1.807, 2.05) is 75.4 Å². The first-order chi connectivity index (χ1) is 25.2. The number of carbonyl (C=O) groups excluding carboxylic acids is 3. The van der Waals surface area contributed by atoms with E-state index in [1.165, 1.54) is 18.7 Å². The van der Waals surface area contributed by atoms with E-state index in [9.17, 15) is 18.9 Å². The van der Waals surface area contributed by atoms with Crippen LogP contribution in [0.2, 0.25) is 0 Å². The third kappa shape index (κ3) is 7.94. The largest absolute Gasteiger partial charge is 0.497 e. The molecule has 284 valence electrons. The second-order valence-electron chi connectivity index (χ2n) is 15.5. The molecule has 2 N–H and O–H groups in total. The van der Waals surface area contributed by atoms with Gasteiger partial charge in [0.1, 0.15) is 41.1 Å². The number of alkyl carbamates (subject to hydrolysis) is 1. The molecule has 53 heavy (non-hydrogen) atoms. The van der Waals surface area contributed by atoms with Gasteiger partial charge in [0.2, 0.25) is 19.2 Å². The molecule has 3 aliphatic rings. The van der Waals surface area contributed by atoms with Crippen LogP contribution in [0.25, 0.3) is 22.2 Å². The SMILES string of the molecule is C=C[C@@H]1C[C@]1(NC(=O)[C@@H]1C[C@@H](Oc2cc(-c3ccccc3)nc3cc(OC)ccc23)CN1C(=O)[C@@H](NC(=O)OC1CCCC1)C(C)(C)C)P(C)(=O)OC. The van der Waals surface area contributed by atoms with E-state index < -0.39 is 54.2 Å². The van der Waals surface area contributed by atoms with Crippen molar-refractivity contribution < 1.29 is 37.7 Å². The molecule has 13 heteroatoms. The number of hydrogen-bond donors (Lipinski definition) is 2. The van der Waals surface area contributed by atoms with Crippen molar-refractivity contribution in [3.63, 3.8) is 0 Å². The summed E-state index contributed by atoms with van der Waals surface area (Å²) >= 11 is 0. The minimum absolute atomic E-state index is 0.0510. The summed E-state index contributed by atoms with van der Waals surface area (Å²) < 4.78 is 37.0. The highest BCUT2D eigenvalue weighted by atomic mass is 31.2. The molecular weight excluding hydrogens is 695 g/mol. The fraction of sp³-hybridized carbons (Fsp3) is 0.500. The van der Waals surface area contributed by atoms with Crippen molar-refractivity contribution >= 4 is 36.2 Å². The zero-order valence-electron chi connectivity index (χ0n) is 31.4. The minimum Gasteiger partial charge on any atom is -0.497 e. The van der Waals surface area contributed by atoms with Crippen molar-refractivity contribution in [1.82, 2.24) is 20.5 Å². The summed E-state index contributed by atoms with van der Waals surface area (Å²) in [4.78, 5) is 48.6. The molecule has 12 nitrogen and oxygen atoms in total. The maximum Gasteiger partial charge on any atom is 0.408 e. The van der Waals surface area contributed by atoms with Crippen LogP contribution in [0.1, 0.15) is 59.3 Å². The average Bonchev–Trinajstić information content (AvgIpc) is 3.40. The fourth-order valence-corrected chi connectivity index (χ4v) is 9.44. The summed E-state index contributed by atoms with van der Waals surface area (Å²) in [6, 6.07) is 15.1. The van der Waals surface area contributed by atoms with Crippen molar-refractivity contribution in [2.45, 2.75) is 88.9 Å². The lowest BCUT2D eigenvalue weighted by Gasteiger charge is -2.36. The fourth-order valence-electron chi connectivity index (χ4n) is 7.56. The van der Waals surface area contributed by atoms with Gasteiger partial charge in [-0.05, 0) is 49.7 Å². The normalized spacial score (nSPS) is 24.6. The summed E-state index contributed by atoms with van der Waals surface area (Å²) in [7, 11) is -0.363. The Morgan fingerprint density at radius 3 is 2.40 bits per heavy atom. The van der Waals surface area contributed by atoms with Crippen molar-refractivity contribution in [3.8, 4) is 22.8 Å². The average molecular weight is 747 g/mol. The molecule has 2 aliphatic carbocycles. The Labute approximate surface area is 311 Å². The first-order valence-electron chi connectivity index (χ1n) is 18.3. The van der Waals surface area contributed by atoms with E-state index in [1.54, 1.807) is 13.2 Å². The zero-order chi connectivity index (χ0) is 38.1. The Kier molecular flexibility index (Phi) is 10.9. The third-order valence-corrected chi connectivity index (χ3v) is 13.6. The van der Waals surface area contributed by atoms with Crippen molar-refractivity contribution in [2.24, 2.45) is 11.3 Å². The highest BCUT2D eigenvalue weighted by Gasteiger charge is 2.65. The maximum atomic E-state index is 14.7. The summed E-state index contributed by atoms with van der Waals surface area (Å²) in [5.41, 5.74) is 1.49. The van der Waals surface area contributed by atoms with Gasteiger partial charge in [0.05, 0.1) is 24.9 Å². The van der Waals surface area contributed by atoms with Crippen LogP contribution in [-0.2, 0) is 23.4 Å². The number of benzene rings is 2. The standard InChI is InChI=1S/C40H51N4O8P/c1-8-26-23-40(26,53(7,48)50-6)43-36(45)33-21-29(24-44(33)37(46)35(39(2,3)4)42-38(47)52-27-16-12-13-17-27)51-34-22-31(25-14-10-9-11-15-25)41-32-20-28(49-5)18-19-30(32)34/h8-11,14-15,18-20,22,26-27,29,33,35H,1,12-13,16-17,21,23-24H2,2-7H3,(H,42,47)(H,43,45)/t26-,29-,33+,35-,40+,53?/m1/s1. The molecule has 1 saturated heterocycles. The monoisotopic (exact) mass is 746 g/mol. The third-order valence-electron chi connectivity index (χ3n) is 10.8. The van der Waals surface area contributed by atoms with Gasteiger partial charge in [-0.2, -0.15) is 0 Å². The number of ether oxygens (including phenoxy) is 3. The van der Waals surface area contributed by atoms with E-state index >= 15 is 0 Å². The highest BCUT2D eigenvalue weighted by molar-refractivity contribution is 7.60. The van der Waals surface area contributed by atoms with Gasteiger partial charge in [-0.25, -0.2) is 9.78 Å². The Hall–Kier alpha value is -4.41. The molecular formula is C40H51N4O8P. The van der Waals surface area contributed by atoms with E-state index in [2.05, 4.69) is 17.2 Å². The lowest BCUT2D eigenvalue weighted by Crippen LogP contribution is -2.58. The van der Waals surface area contributed by atoms with E-state index in [-0.39, 0.29) is 25.0 Å². The van der Waals surface area contributed by atoms with Crippen molar-refractivity contribution in [3.05, 3.63) is 67.3 Å². The predicted molar refractivity (Wildman–Crippen MR) is 203 cm³/mol. The molecule has 0 spiro atoms. The number of likely N-dealkylation sites (tertiary alicyclic amines) is 1. The lowest BCUT2D eigenvalue weighted by atomic mass is 9.85. The first-order valence-corrected chi connectivity index (χ1v) is 20.3. The van der Waals surface area contributed by atoms with Crippen LogP contribution < -0.4 is 20.1 Å². The van der Waals surface area contributed by atoms with Crippen LogP contribution in [0.5, 0.6) is 11.5 Å². The summed E-state index contributed by atoms with van der Waals surface area (Å²) in [5.74, 6) is -0.0191. The van der Waals surface area contributed by atoms with Gasteiger partial charge in [0.25, 0.3) is 0 Å². The number of nitrogens with zero attached hydrogens (tertiary/aromatic N) is 2. The topological polar surface area (TPSA) is 145 Å². The Bertz CT molecular complexity index is 1910. The number of aromatic nitrogens is 1. The number of pyridine rings is 1. The number of rotatable bonds is 12. The van der Waals surface area contributed by atoms with E-state index in [4.69, 9.17) is 23.7 Å². The number of hydrogen-bond acceptors (Lipinski definition) is 9. The van der Waals surface area contributed by atoms with E-state index in [0.717, 1.165) is 36.6 Å². The van der Waals surface area contributed by atoms with Gasteiger partial charge in [-0.15, -0.1) is 6.58 Å². The molecule has 3 aromatic rings. The Balaban J connectivity index is 1.34. The summed E-state index contributed by atoms with van der Waals surface area (Å²) in [6.07, 6.45) is 4.27. The predicted octanol–water partition coefficient (Wildman–Crippen LogP) is 6.91. The zero-order valence-corrected chi connectivity index (χ0v) is 32.3. The molecule has 3 amide bonds. The molecule has 0 radical (unpaired) electrons. The van der Waals surface area contributed by atoms with Crippen LogP contribution in [0.3, 0.4) is 0 Å². The van der Waals surface area contributed by atoms with Crippen molar-refractivity contribution in [1.29, 1.82) is 0 Å². The second kappa shape index (κ2) is 15.1. The number of carbonyl (C=O) groups is 3.